The Morgan fingerprint density at radius 1 is 1.35 bits per heavy atom. The molecule has 0 saturated heterocycles. The van der Waals surface area contributed by atoms with E-state index >= 15 is 0 Å². The summed E-state index contributed by atoms with van der Waals surface area (Å²) in [5.74, 6) is -0.315. The lowest BCUT2D eigenvalue weighted by Crippen LogP contribution is -2.26. The van der Waals surface area contributed by atoms with E-state index in [0.717, 1.165) is 11.3 Å². The van der Waals surface area contributed by atoms with Crippen molar-refractivity contribution in [1.29, 1.82) is 0 Å². The maximum atomic E-state index is 13.7. The molecule has 0 aliphatic heterocycles. The summed E-state index contributed by atoms with van der Waals surface area (Å²) in [6, 6.07) is 10.3. The average Bonchev–Trinajstić information content (AvgIpc) is 2.64. The number of aliphatic hydroxyl groups excluding tert-OH is 1. The van der Waals surface area contributed by atoms with Gasteiger partial charge in [0.15, 0.2) is 0 Å². The van der Waals surface area contributed by atoms with Gasteiger partial charge in [0.1, 0.15) is 5.82 Å². The highest BCUT2D eigenvalue weighted by atomic mass is 19.1. The zero-order valence-corrected chi connectivity index (χ0v) is 14.9. The summed E-state index contributed by atoms with van der Waals surface area (Å²) < 4.78 is 13.7. The van der Waals surface area contributed by atoms with Gasteiger partial charge < -0.3 is 10.0 Å². The lowest BCUT2D eigenvalue weighted by atomic mass is 10.1. The molecule has 0 bridgehead atoms. The van der Waals surface area contributed by atoms with Gasteiger partial charge in [0.2, 0.25) is 5.91 Å². The van der Waals surface area contributed by atoms with Gasteiger partial charge >= 0.3 is 0 Å². The molecule has 2 aromatic rings. The molecule has 1 aromatic heterocycles. The highest BCUT2D eigenvalue weighted by Crippen LogP contribution is 2.11. The Hall–Kier alpha value is -2.60. The standard InChI is InChI=1S/C20H24FN3O2/c1-24(15-17-5-2-3-7-19(17)21)20(26)8-4-6-18-13-16(9-10-23-18)14-22-11-12-25/h2-3,5,7,9-10,13-14,25H,4,6,8,11-12,15H2,1H3. The van der Waals surface area contributed by atoms with Crippen molar-refractivity contribution < 1.29 is 14.3 Å². The minimum atomic E-state index is -0.295. The van der Waals surface area contributed by atoms with Crippen molar-refractivity contribution in [3.63, 3.8) is 0 Å². The summed E-state index contributed by atoms with van der Waals surface area (Å²) >= 11 is 0. The Kier molecular flexibility index (Phi) is 7.89. The monoisotopic (exact) mass is 357 g/mol. The number of halogens is 1. The number of hydrogen-bond acceptors (Lipinski definition) is 4. The quantitative estimate of drug-likeness (QED) is 0.702. The maximum absolute atomic E-state index is 13.7. The Labute approximate surface area is 153 Å². The molecule has 0 aliphatic carbocycles. The number of aliphatic hydroxyl groups is 1. The molecule has 0 radical (unpaired) electrons. The fourth-order valence-electron chi connectivity index (χ4n) is 2.52. The Morgan fingerprint density at radius 3 is 2.92 bits per heavy atom. The van der Waals surface area contributed by atoms with Crippen molar-refractivity contribution >= 4 is 12.1 Å². The fourth-order valence-corrected chi connectivity index (χ4v) is 2.52. The first kappa shape index (κ1) is 19.7. The molecule has 0 fully saturated rings. The van der Waals surface area contributed by atoms with E-state index in [4.69, 9.17) is 5.11 Å². The average molecular weight is 357 g/mol. The Morgan fingerprint density at radius 2 is 2.15 bits per heavy atom. The van der Waals surface area contributed by atoms with E-state index in [0.29, 0.717) is 31.4 Å². The lowest BCUT2D eigenvalue weighted by molar-refractivity contribution is -0.130. The molecule has 2 rings (SSSR count). The zero-order valence-electron chi connectivity index (χ0n) is 14.9. The summed E-state index contributed by atoms with van der Waals surface area (Å²) in [5, 5.41) is 8.74. The Balaban J connectivity index is 1.80. The summed E-state index contributed by atoms with van der Waals surface area (Å²) in [7, 11) is 1.69. The molecule has 1 heterocycles. The molecule has 138 valence electrons. The minimum absolute atomic E-state index is 0.0195. The predicted molar refractivity (Wildman–Crippen MR) is 99.6 cm³/mol. The third-order valence-corrected chi connectivity index (χ3v) is 3.92. The summed E-state index contributed by atoms with van der Waals surface area (Å²) in [5.41, 5.74) is 2.33. The van der Waals surface area contributed by atoms with Gasteiger partial charge in [-0.05, 0) is 36.6 Å². The van der Waals surface area contributed by atoms with Gasteiger partial charge in [-0.1, -0.05) is 18.2 Å². The molecule has 1 N–H and O–H groups in total. The second-order valence-electron chi connectivity index (χ2n) is 6.03. The van der Waals surface area contributed by atoms with Crippen LogP contribution in [-0.2, 0) is 17.8 Å². The van der Waals surface area contributed by atoms with Crippen LogP contribution in [0, 0.1) is 5.82 Å². The number of benzene rings is 1. The van der Waals surface area contributed by atoms with Crippen LogP contribution in [0.2, 0.25) is 0 Å². The van der Waals surface area contributed by atoms with E-state index in [1.165, 1.54) is 6.07 Å². The number of aromatic nitrogens is 1. The van der Waals surface area contributed by atoms with Gasteiger partial charge in [-0.25, -0.2) is 4.39 Å². The zero-order chi connectivity index (χ0) is 18.8. The van der Waals surface area contributed by atoms with Crippen LogP contribution >= 0.6 is 0 Å². The molecular weight excluding hydrogens is 333 g/mol. The van der Waals surface area contributed by atoms with Crippen LogP contribution in [0.25, 0.3) is 0 Å². The van der Waals surface area contributed by atoms with Crippen LogP contribution in [0.4, 0.5) is 4.39 Å². The van der Waals surface area contributed by atoms with E-state index in [2.05, 4.69) is 9.98 Å². The van der Waals surface area contributed by atoms with Crippen molar-refractivity contribution in [3.8, 4) is 0 Å². The molecule has 6 heteroatoms. The molecule has 5 nitrogen and oxygen atoms in total. The molecule has 1 aromatic carbocycles. The molecule has 0 atom stereocenters. The van der Waals surface area contributed by atoms with Crippen molar-refractivity contribution in [2.75, 3.05) is 20.2 Å². The molecule has 0 aliphatic rings. The summed E-state index contributed by atoms with van der Waals surface area (Å²) in [6.45, 7) is 0.665. The number of carbonyl (C=O) groups excluding carboxylic acids is 1. The smallest absolute Gasteiger partial charge is 0.222 e. The topological polar surface area (TPSA) is 65.8 Å². The number of aliphatic imine (C=N–C) groups is 1. The largest absolute Gasteiger partial charge is 0.394 e. The first-order chi connectivity index (χ1) is 12.6. The lowest BCUT2D eigenvalue weighted by Gasteiger charge is -2.17. The van der Waals surface area contributed by atoms with E-state index in [1.54, 1.807) is 42.6 Å². The Bertz CT molecular complexity index is 749. The van der Waals surface area contributed by atoms with Crippen LogP contribution in [0.3, 0.4) is 0 Å². The third-order valence-electron chi connectivity index (χ3n) is 3.92. The number of carbonyl (C=O) groups is 1. The van der Waals surface area contributed by atoms with Crippen LogP contribution in [0.1, 0.15) is 29.7 Å². The summed E-state index contributed by atoms with van der Waals surface area (Å²) in [4.78, 5) is 22.2. The van der Waals surface area contributed by atoms with Gasteiger partial charge in [-0.2, -0.15) is 0 Å². The van der Waals surface area contributed by atoms with Crippen molar-refractivity contribution in [2.24, 2.45) is 4.99 Å². The van der Waals surface area contributed by atoms with E-state index in [-0.39, 0.29) is 24.9 Å². The number of amides is 1. The molecule has 1 amide bonds. The van der Waals surface area contributed by atoms with Crippen molar-refractivity contribution in [3.05, 3.63) is 65.2 Å². The van der Waals surface area contributed by atoms with Crippen LogP contribution < -0.4 is 0 Å². The third kappa shape index (κ3) is 6.37. The van der Waals surface area contributed by atoms with Crippen LogP contribution in [0.15, 0.2) is 47.6 Å². The highest BCUT2D eigenvalue weighted by molar-refractivity contribution is 5.79. The first-order valence-corrected chi connectivity index (χ1v) is 8.63. The SMILES string of the molecule is CN(Cc1ccccc1F)C(=O)CCCc1cc(C=NCCO)ccn1. The maximum Gasteiger partial charge on any atom is 0.222 e. The molecule has 26 heavy (non-hydrogen) atoms. The van der Waals surface area contributed by atoms with Gasteiger partial charge in [-0.15, -0.1) is 0 Å². The normalized spacial score (nSPS) is 11.0. The van der Waals surface area contributed by atoms with Crippen molar-refractivity contribution in [1.82, 2.24) is 9.88 Å². The first-order valence-electron chi connectivity index (χ1n) is 8.63. The minimum Gasteiger partial charge on any atom is -0.394 e. The number of hydrogen-bond donors (Lipinski definition) is 1. The molecule has 0 unspecified atom stereocenters. The predicted octanol–water partition coefficient (Wildman–Crippen LogP) is 2.61. The van der Waals surface area contributed by atoms with E-state index in [9.17, 15) is 9.18 Å². The van der Waals surface area contributed by atoms with Crippen LogP contribution in [0.5, 0.6) is 0 Å². The second kappa shape index (κ2) is 10.4. The van der Waals surface area contributed by atoms with Gasteiger partial charge in [0.25, 0.3) is 0 Å². The number of aryl methyl sites for hydroxylation is 1. The molecule has 0 saturated carbocycles. The molecular formula is C20H24FN3O2. The highest BCUT2D eigenvalue weighted by Gasteiger charge is 2.11. The number of pyridine rings is 1. The number of nitrogens with zero attached hydrogens (tertiary/aromatic N) is 3. The van der Waals surface area contributed by atoms with Crippen LogP contribution in [-0.4, -0.2) is 47.3 Å². The van der Waals surface area contributed by atoms with Crippen molar-refractivity contribution in [2.45, 2.75) is 25.8 Å². The molecule has 0 spiro atoms. The van der Waals surface area contributed by atoms with Gasteiger partial charge in [-0.3, -0.25) is 14.8 Å². The van der Waals surface area contributed by atoms with Gasteiger partial charge in [0, 0.05) is 43.7 Å². The second-order valence-corrected chi connectivity index (χ2v) is 6.03. The van der Waals surface area contributed by atoms with E-state index in [1.807, 2.05) is 12.1 Å². The number of rotatable bonds is 9. The fraction of sp³-hybridized carbons (Fsp3) is 0.350. The van der Waals surface area contributed by atoms with E-state index < -0.39 is 0 Å². The summed E-state index contributed by atoms with van der Waals surface area (Å²) in [6.07, 6.45) is 5.15. The van der Waals surface area contributed by atoms with Gasteiger partial charge in [0.05, 0.1) is 13.2 Å².